The summed E-state index contributed by atoms with van der Waals surface area (Å²) in [5.74, 6) is 1.66. The topological polar surface area (TPSA) is 38.8 Å². The summed E-state index contributed by atoms with van der Waals surface area (Å²) >= 11 is 1.61. The smallest absolute Gasteiger partial charge is 0.227 e. The summed E-state index contributed by atoms with van der Waals surface area (Å²) in [5, 5.41) is 1.99. The molecule has 0 fully saturated rings. The van der Waals surface area contributed by atoms with Gasteiger partial charge in [-0.15, -0.1) is 11.3 Å². The van der Waals surface area contributed by atoms with E-state index in [1.165, 1.54) is 0 Å². The van der Waals surface area contributed by atoms with Gasteiger partial charge in [0.05, 0.1) is 6.42 Å². The largest absolute Gasteiger partial charge is 0.486 e. The fraction of sp³-hybridized carbons (Fsp3) is 0.312. The van der Waals surface area contributed by atoms with Gasteiger partial charge in [-0.1, -0.05) is 12.1 Å². The van der Waals surface area contributed by atoms with Crippen molar-refractivity contribution >= 4 is 17.2 Å². The highest BCUT2D eigenvalue weighted by Crippen LogP contribution is 2.31. The second-order valence-corrected chi connectivity index (χ2v) is 6.02. The third-order valence-electron chi connectivity index (χ3n) is 3.36. The van der Waals surface area contributed by atoms with E-state index in [1.807, 2.05) is 42.8 Å². The number of hydrogen-bond acceptors (Lipinski definition) is 4. The number of rotatable bonds is 4. The van der Waals surface area contributed by atoms with Crippen LogP contribution in [0.5, 0.6) is 11.5 Å². The van der Waals surface area contributed by atoms with E-state index in [2.05, 4.69) is 0 Å². The fourth-order valence-electron chi connectivity index (χ4n) is 2.25. The molecule has 0 saturated heterocycles. The fourth-order valence-corrected chi connectivity index (χ4v) is 2.94. The number of ether oxygens (including phenoxy) is 2. The van der Waals surface area contributed by atoms with Crippen molar-refractivity contribution in [2.45, 2.75) is 13.0 Å². The van der Waals surface area contributed by atoms with Gasteiger partial charge in [0.1, 0.15) is 13.2 Å². The molecule has 0 radical (unpaired) electrons. The van der Waals surface area contributed by atoms with E-state index in [-0.39, 0.29) is 5.91 Å². The van der Waals surface area contributed by atoms with Crippen molar-refractivity contribution in [1.82, 2.24) is 4.90 Å². The Morgan fingerprint density at radius 2 is 2.05 bits per heavy atom. The highest BCUT2D eigenvalue weighted by Gasteiger charge is 2.14. The maximum absolute atomic E-state index is 12.2. The summed E-state index contributed by atoms with van der Waals surface area (Å²) in [7, 11) is 1.83. The van der Waals surface area contributed by atoms with Crippen LogP contribution in [0.3, 0.4) is 0 Å². The number of hydrogen-bond donors (Lipinski definition) is 0. The number of nitrogens with zero attached hydrogens (tertiary/aromatic N) is 1. The number of thiophene rings is 1. The Bertz CT molecular complexity index is 624. The van der Waals surface area contributed by atoms with E-state index in [9.17, 15) is 4.79 Å². The van der Waals surface area contributed by atoms with E-state index in [0.717, 1.165) is 21.9 Å². The van der Waals surface area contributed by atoms with Gasteiger partial charge in [0.2, 0.25) is 5.91 Å². The number of likely N-dealkylation sites (N-methyl/N-ethyl adjacent to an activating group) is 1. The Kier molecular flexibility index (Phi) is 4.10. The van der Waals surface area contributed by atoms with E-state index in [0.29, 0.717) is 26.2 Å². The predicted molar refractivity (Wildman–Crippen MR) is 81.9 cm³/mol. The zero-order valence-electron chi connectivity index (χ0n) is 11.9. The van der Waals surface area contributed by atoms with E-state index in [4.69, 9.17) is 9.47 Å². The summed E-state index contributed by atoms with van der Waals surface area (Å²) in [6, 6.07) is 9.78. The number of amides is 1. The first-order valence-electron chi connectivity index (χ1n) is 6.87. The van der Waals surface area contributed by atoms with Gasteiger partial charge in [-0.2, -0.15) is 0 Å². The Morgan fingerprint density at radius 3 is 2.81 bits per heavy atom. The average Bonchev–Trinajstić information content (AvgIpc) is 3.00. The van der Waals surface area contributed by atoms with Crippen LogP contribution in [0.4, 0.5) is 0 Å². The highest BCUT2D eigenvalue weighted by molar-refractivity contribution is 7.10. The van der Waals surface area contributed by atoms with Crippen LogP contribution < -0.4 is 9.47 Å². The Labute approximate surface area is 127 Å². The number of carbonyl (C=O) groups excluding carboxylic acids is 1. The minimum absolute atomic E-state index is 0.118. The summed E-state index contributed by atoms with van der Waals surface area (Å²) in [4.78, 5) is 15.0. The van der Waals surface area contributed by atoms with Gasteiger partial charge in [-0.05, 0) is 29.1 Å². The molecule has 5 heteroatoms. The second-order valence-electron chi connectivity index (χ2n) is 4.98. The van der Waals surface area contributed by atoms with Crippen LogP contribution in [0.2, 0.25) is 0 Å². The molecule has 1 aliphatic heterocycles. The molecule has 0 N–H and O–H groups in total. The maximum atomic E-state index is 12.2. The highest BCUT2D eigenvalue weighted by atomic mass is 32.1. The van der Waals surface area contributed by atoms with Crippen molar-refractivity contribution in [3.63, 3.8) is 0 Å². The predicted octanol–water partition coefficient (Wildman–Crippen LogP) is 2.72. The number of carbonyl (C=O) groups is 1. The van der Waals surface area contributed by atoms with E-state index < -0.39 is 0 Å². The minimum atomic E-state index is 0.118. The molecule has 2 heterocycles. The molecule has 1 aromatic heterocycles. The molecular formula is C16H17NO3S. The molecule has 4 nitrogen and oxygen atoms in total. The third-order valence-corrected chi connectivity index (χ3v) is 4.23. The normalized spacial score (nSPS) is 13.0. The molecule has 0 spiro atoms. The second kappa shape index (κ2) is 6.18. The van der Waals surface area contributed by atoms with Crippen LogP contribution in [-0.4, -0.2) is 31.1 Å². The lowest BCUT2D eigenvalue weighted by Crippen LogP contribution is -2.27. The zero-order chi connectivity index (χ0) is 14.7. The third kappa shape index (κ3) is 3.36. The van der Waals surface area contributed by atoms with Crippen LogP contribution >= 0.6 is 11.3 Å². The molecule has 0 saturated carbocycles. The van der Waals surface area contributed by atoms with Gasteiger partial charge in [0.25, 0.3) is 0 Å². The molecular weight excluding hydrogens is 286 g/mol. The molecule has 3 rings (SSSR count). The van der Waals surface area contributed by atoms with Crippen LogP contribution in [0, 0.1) is 0 Å². The van der Waals surface area contributed by atoms with Crippen molar-refractivity contribution in [2.24, 2.45) is 0 Å². The van der Waals surface area contributed by atoms with Crippen LogP contribution in [0.25, 0.3) is 0 Å². The van der Waals surface area contributed by atoms with Crippen molar-refractivity contribution < 1.29 is 14.3 Å². The SMILES string of the molecule is CN(Cc1ccc2c(c1)OCCO2)C(=O)Cc1cccs1. The summed E-state index contributed by atoms with van der Waals surface area (Å²) in [5.41, 5.74) is 1.04. The maximum Gasteiger partial charge on any atom is 0.227 e. The van der Waals surface area contributed by atoms with Crippen LogP contribution in [0.1, 0.15) is 10.4 Å². The summed E-state index contributed by atoms with van der Waals surface area (Å²) in [6.07, 6.45) is 0.457. The van der Waals surface area contributed by atoms with Gasteiger partial charge in [-0.3, -0.25) is 4.79 Å². The van der Waals surface area contributed by atoms with Crippen molar-refractivity contribution in [1.29, 1.82) is 0 Å². The molecule has 1 amide bonds. The zero-order valence-corrected chi connectivity index (χ0v) is 12.7. The van der Waals surface area contributed by atoms with Crippen molar-refractivity contribution in [2.75, 3.05) is 20.3 Å². The molecule has 1 aromatic carbocycles. The lowest BCUT2D eigenvalue weighted by atomic mass is 10.1. The quantitative estimate of drug-likeness (QED) is 0.872. The van der Waals surface area contributed by atoms with Gasteiger partial charge in [0.15, 0.2) is 11.5 Å². The summed E-state index contributed by atoms with van der Waals surface area (Å²) < 4.78 is 11.1. The number of fused-ring (bicyclic) bond motifs is 1. The Balaban J connectivity index is 1.64. The molecule has 1 aliphatic rings. The standard InChI is InChI=1S/C16H17NO3S/c1-17(16(18)10-13-3-2-8-21-13)11-12-4-5-14-15(9-12)20-7-6-19-14/h2-5,8-9H,6-7,10-11H2,1H3. The lowest BCUT2D eigenvalue weighted by molar-refractivity contribution is -0.129. The summed E-state index contributed by atoms with van der Waals surface area (Å²) in [6.45, 7) is 1.73. The van der Waals surface area contributed by atoms with Crippen molar-refractivity contribution in [3.8, 4) is 11.5 Å². The van der Waals surface area contributed by atoms with Gasteiger partial charge in [0, 0.05) is 18.5 Å². The molecule has 0 unspecified atom stereocenters. The first-order chi connectivity index (χ1) is 10.2. The monoisotopic (exact) mass is 303 g/mol. The van der Waals surface area contributed by atoms with Crippen molar-refractivity contribution in [3.05, 3.63) is 46.2 Å². The van der Waals surface area contributed by atoms with E-state index >= 15 is 0 Å². The Hall–Kier alpha value is -2.01. The molecule has 0 bridgehead atoms. The minimum Gasteiger partial charge on any atom is -0.486 e. The van der Waals surface area contributed by atoms with Crippen LogP contribution in [-0.2, 0) is 17.8 Å². The van der Waals surface area contributed by atoms with Gasteiger partial charge in [-0.25, -0.2) is 0 Å². The van der Waals surface area contributed by atoms with Gasteiger partial charge >= 0.3 is 0 Å². The van der Waals surface area contributed by atoms with Gasteiger partial charge < -0.3 is 14.4 Å². The lowest BCUT2D eigenvalue weighted by Gasteiger charge is -2.21. The number of benzene rings is 1. The first-order valence-corrected chi connectivity index (χ1v) is 7.75. The molecule has 2 aromatic rings. The molecule has 110 valence electrons. The van der Waals surface area contributed by atoms with E-state index in [1.54, 1.807) is 16.2 Å². The average molecular weight is 303 g/mol. The van der Waals surface area contributed by atoms with Crippen LogP contribution in [0.15, 0.2) is 35.7 Å². The first kappa shape index (κ1) is 13.9. The Morgan fingerprint density at radius 1 is 1.24 bits per heavy atom. The molecule has 0 aliphatic carbocycles. The molecule has 21 heavy (non-hydrogen) atoms. The molecule has 0 atom stereocenters.